The smallest absolute Gasteiger partial charge is 0.300 e. The predicted molar refractivity (Wildman–Crippen MR) is 116 cm³/mol. The van der Waals surface area contributed by atoms with Crippen LogP contribution in [-0.2, 0) is 11.3 Å². The minimum absolute atomic E-state index is 0.371. The van der Waals surface area contributed by atoms with Gasteiger partial charge in [0, 0.05) is 51.5 Å². The van der Waals surface area contributed by atoms with Gasteiger partial charge in [0.25, 0.3) is 5.78 Å². The minimum Gasteiger partial charge on any atom is -0.371 e. The minimum atomic E-state index is -0.390. The first-order valence-electron chi connectivity index (χ1n) is 10.4. The second kappa shape index (κ2) is 7.89. The number of fused-ring (bicyclic) bond motifs is 1. The number of amides is 1. The van der Waals surface area contributed by atoms with Gasteiger partial charge in [0.15, 0.2) is 0 Å². The fourth-order valence-corrected chi connectivity index (χ4v) is 5.18. The molecule has 1 amide bonds. The van der Waals surface area contributed by atoms with Gasteiger partial charge < -0.3 is 4.90 Å². The summed E-state index contributed by atoms with van der Waals surface area (Å²) in [7, 11) is 0. The van der Waals surface area contributed by atoms with Gasteiger partial charge in [-0.2, -0.15) is 11.3 Å². The van der Waals surface area contributed by atoms with E-state index in [1.807, 2.05) is 18.2 Å². The molecule has 7 heteroatoms. The first kappa shape index (κ1) is 18.8. The van der Waals surface area contributed by atoms with Gasteiger partial charge in [-0.05, 0) is 53.4 Å². The van der Waals surface area contributed by atoms with Crippen molar-refractivity contribution in [3.8, 4) is 0 Å². The van der Waals surface area contributed by atoms with Gasteiger partial charge in [0.05, 0.1) is 17.9 Å². The van der Waals surface area contributed by atoms with Crippen molar-refractivity contribution in [2.45, 2.75) is 19.4 Å². The molecule has 0 aliphatic carbocycles. The predicted octanol–water partition coefficient (Wildman–Crippen LogP) is 2.65. The molecule has 3 aliphatic rings. The maximum absolute atomic E-state index is 12.7. The first-order chi connectivity index (χ1) is 14.2. The van der Waals surface area contributed by atoms with Gasteiger partial charge in [-0.25, -0.2) is 0 Å². The molecule has 0 saturated carbocycles. The summed E-state index contributed by atoms with van der Waals surface area (Å²) in [5, 5.41) is 4.32. The number of Topliss-reactive ketones (excluding diaryl/α,β-unsaturated/α-hetero) is 1. The van der Waals surface area contributed by atoms with E-state index in [2.05, 4.69) is 31.5 Å². The molecule has 29 heavy (non-hydrogen) atoms. The summed E-state index contributed by atoms with van der Waals surface area (Å²) < 4.78 is 0. The molecule has 2 saturated heterocycles. The largest absolute Gasteiger partial charge is 0.371 e. The van der Waals surface area contributed by atoms with Gasteiger partial charge in [-0.1, -0.05) is 0 Å². The van der Waals surface area contributed by atoms with Crippen molar-refractivity contribution in [3.63, 3.8) is 0 Å². The summed E-state index contributed by atoms with van der Waals surface area (Å²) in [4.78, 5) is 33.9. The summed E-state index contributed by atoms with van der Waals surface area (Å²) in [5.41, 5.74) is 3.82. The zero-order chi connectivity index (χ0) is 19.8. The van der Waals surface area contributed by atoms with Crippen molar-refractivity contribution in [1.82, 2.24) is 9.80 Å². The van der Waals surface area contributed by atoms with E-state index in [0.717, 1.165) is 57.2 Å². The zero-order valence-electron chi connectivity index (χ0n) is 16.5. The quantitative estimate of drug-likeness (QED) is 0.710. The molecule has 152 valence electrons. The summed E-state index contributed by atoms with van der Waals surface area (Å²) in [6.07, 6.45) is 2.41. The second-order valence-corrected chi connectivity index (χ2v) is 8.91. The van der Waals surface area contributed by atoms with Gasteiger partial charge in [-0.3, -0.25) is 24.3 Å². The van der Waals surface area contributed by atoms with E-state index < -0.39 is 0 Å². The number of hydrogen-bond acceptors (Lipinski definition) is 6. The molecule has 5 rings (SSSR count). The molecule has 2 fully saturated rings. The van der Waals surface area contributed by atoms with E-state index in [9.17, 15) is 9.59 Å². The Labute approximate surface area is 175 Å². The number of benzene rings is 1. The lowest BCUT2D eigenvalue weighted by Gasteiger charge is -2.36. The number of ketones is 1. The van der Waals surface area contributed by atoms with E-state index >= 15 is 0 Å². The lowest BCUT2D eigenvalue weighted by atomic mass is 10.1. The van der Waals surface area contributed by atoms with Crippen LogP contribution in [0.5, 0.6) is 0 Å². The normalized spacial score (nSPS) is 20.7. The van der Waals surface area contributed by atoms with Crippen LogP contribution in [0.1, 0.15) is 28.8 Å². The third-order valence-corrected chi connectivity index (χ3v) is 6.95. The molecule has 1 aromatic heterocycles. The van der Waals surface area contributed by atoms with Crippen molar-refractivity contribution in [2.24, 2.45) is 0 Å². The summed E-state index contributed by atoms with van der Waals surface area (Å²) in [5.74, 6) is -0.761. The summed E-state index contributed by atoms with van der Waals surface area (Å²) in [6.45, 7) is 7.35. The van der Waals surface area contributed by atoms with Crippen LogP contribution in [0.2, 0.25) is 0 Å². The van der Waals surface area contributed by atoms with Crippen LogP contribution >= 0.6 is 11.3 Å². The summed E-state index contributed by atoms with van der Waals surface area (Å²) in [6, 6.07) is 8.04. The van der Waals surface area contributed by atoms with Crippen molar-refractivity contribution in [3.05, 3.63) is 46.2 Å². The molecule has 2 aromatic rings. The average molecular weight is 411 g/mol. The molecule has 1 aromatic carbocycles. The monoisotopic (exact) mass is 410 g/mol. The van der Waals surface area contributed by atoms with Gasteiger partial charge >= 0.3 is 5.91 Å². The summed E-state index contributed by atoms with van der Waals surface area (Å²) >= 11 is 1.74. The highest BCUT2D eigenvalue weighted by Crippen LogP contribution is 2.34. The van der Waals surface area contributed by atoms with E-state index in [1.165, 1.54) is 18.4 Å². The molecule has 6 nitrogen and oxygen atoms in total. The SMILES string of the molecule is O=C1C(=O)N(CN2CCN(Cc3ccsc3)CC2)c2cc(N3CCCC3)ccc21. The standard InChI is InChI=1S/C22H26N4O2S/c27-21-19-4-3-18(25-6-1-2-7-25)13-20(19)26(22(21)28)16-24-10-8-23(9-11-24)14-17-5-12-29-15-17/h3-5,12-13,15H,1-2,6-11,14,16H2. The van der Waals surface area contributed by atoms with Crippen molar-refractivity contribution < 1.29 is 9.59 Å². The third kappa shape index (κ3) is 3.70. The van der Waals surface area contributed by atoms with Crippen LogP contribution in [-0.4, -0.2) is 67.4 Å². The number of carbonyl (C=O) groups excluding carboxylic acids is 2. The Morgan fingerprint density at radius 2 is 1.66 bits per heavy atom. The fourth-order valence-electron chi connectivity index (χ4n) is 4.52. The molecule has 4 heterocycles. The van der Waals surface area contributed by atoms with E-state index in [4.69, 9.17) is 0 Å². The van der Waals surface area contributed by atoms with Gasteiger partial charge in [0.1, 0.15) is 0 Å². The number of nitrogens with zero attached hydrogens (tertiary/aromatic N) is 4. The second-order valence-electron chi connectivity index (χ2n) is 8.13. The Bertz CT molecular complexity index is 900. The van der Waals surface area contributed by atoms with Gasteiger partial charge in [-0.15, -0.1) is 0 Å². The number of rotatable bonds is 5. The number of piperazine rings is 1. The Morgan fingerprint density at radius 1 is 0.897 bits per heavy atom. The van der Waals surface area contributed by atoms with Crippen molar-refractivity contribution in [1.29, 1.82) is 0 Å². The van der Waals surface area contributed by atoms with E-state index in [0.29, 0.717) is 12.2 Å². The first-order valence-corrected chi connectivity index (χ1v) is 11.3. The maximum Gasteiger partial charge on any atom is 0.300 e. The van der Waals surface area contributed by atoms with Crippen molar-refractivity contribution in [2.75, 3.05) is 55.7 Å². The Hall–Kier alpha value is -2.22. The average Bonchev–Trinajstić information content (AvgIpc) is 3.49. The van der Waals surface area contributed by atoms with Crippen LogP contribution in [0.15, 0.2) is 35.0 Å². The maximum atomic E-state index is 12.7. The van der Waals surface area contributed by atoms with Crippen LogP contribution in [0, 0.1) is 0 Å². The van der Waals surface area contributed by atoms with Crippen molar-refractivity contribution >= 4 is 34.4 Å². The highest BCUT2D eigenvalue weighted by atomic mass is 32.1. The highest BCUT2D eigenvalue weighted by Gasteiger charge is 2.37. The van der Waals surface area contributed by atoms with E-state index in [1.54, 1.807) is 16.2 Å². The van der Waals surface area contributed by atoms with Crippen LogP contribution in [0.3, 0.4) is 0 Å². The molecular formula is C22H26N4O2S. The van der Waals surface area contributed by atoms with Crippen LogP contribution < -0.4 is 9.80 Å². The van der Waals surface area contributed by atoms with E-state index in [-0.39, 0.29) is 11.7 Å². The van der Waals surface area contributed by atoms with Crippen LogP contribution in [0.25, 0.3) is 0 Å². The molecule has 0 radical (unpaired) electrons. The number of thiophene rings is 1. The Kier molecular flexibility index (Phi) is 5.11. The van der Waals surface area contributed by atoms with Crippen LogP contribution in [0.4, 0.5) is 11.4 Å². The molecule has 3 aliphatic heterocycles. The molecule has 0 N–H and O–H groups in total. The number of hydrogen-bond donors (Lipinski definition) is 0. The zero-order valence-corrected chi connectivity index (χ0v) is 17.4. The lowest BCUT2D eigenvalue weighted by Crippen LogP contribution is -2.50. The Balaban J connectivity index is 1.26. The third-order valence-electron chi connectivity index (χ3n) is 6.22. The Morgan fingerprint density at radius 3 is 2.38 bits per heavy atom. The topological polar surface area (TPSA) is 47.1 Å². The fraction of sp³-hybridized carbons (Fsp3) is 0.455. The molecule has 0 unspecified atom stereocenters. The molecule has 0 bridgehead atoms. The molecule has 0 spiro atoms. The number of anilines is 2. The molecular weight excluding hydrogens is 384 g/mol. The molecule has 0 atom stereocenters. The van der Waals surface area contributed by atoms with Gasteiger partial charge in [0.2, 0.25) is 0 Å². The lowest BCUT2D eigenvalue weighted by molar-refractivity contribution is -0.114. The highest BCUT2D eigenvalue weighted by molar-refractivity contribution is 7.07. The number of carbonyl (C=O) groups is 2.